The van der Waals surface area contributed by atoms with Crippen molar-refractivity contribution in [2.24, 2.45) is 0 Å². The number of anilines is 1. The third-order valence-corrected chi connectivity index (χ3v) is 6.61. The van der Waals surface area contributed by atoms with E-state index in [1.54, 1.807) is 29.8 Å². The average molecular weight is 504 g/mol. The molecule has 1 atom stereocenters. The van der Waals surface area contributed by atoms with Gasteiger partial charge in [0.2, 0.25) is 0 Å². The van der Waals surface area contributed by atoms with Gasteiger partial charge in [-0.2, -0.15) is 0 Å². The molecule has 2 aromatic heterocycles. The summed E-state index contributed by atoms with van der Waals surface area (Å²) in [7, 11) is 0. The summed E-state index contributed by atoms with van der Waals surface area (Å²) in [6.45, 7) is 1.22. The first-order chi connectivity index (χ1) is 17.6. The number of thiazole rings is 1. The van der Waals surface area contributed by atoms with E-state index in [1.165, 1.54) is 11.3 Å². The van der Waals surface area contributed by atoms with Crippen molar-refractivity contribution in [1.82, 2.24) is 19.7 Å². The second-order valence-electron chi connectivity index (χ2n) is 8.37. The van der Waals surface area contributed by atoms with Crippen molar-refractivity contribution in [3.8, 4) is 28.6 Å². The van der Waals surface area contributed by atoms with Gasteiger partial charge in [0.05, 0.1) is 6.61 Å². The second kappa shape index (κ2) is 9.42. The number of hydrogen-bond acceptors (Lipinski definition) is 9. The Morgan fingerprint density at radius 3 is 2.75 bits per heavy atom. The van der Waals surface area contributed by atoms with Crippen LogP contribution >= 0.6 is 11.3 Å². The minimum atomic E-state index is -0.723. The van der Waals surface area contributed by atoms with Gasteiger partial charge in [0.15, 0.2) is 17.1 Å². The lowest BCUT2D eigenvalue weighted by atomic mass is 10.1. The number of fused-ring (bicyclic) bond motifs is 1. The number of rotatable bonds is 7. The quantitative estimate of drug-likeness (QED) is 0.375. The molecule has 4 aromatic rings. The van der Waals surface area contributed by atoms with Gasteiger partial charge >= 0.3 is 5.97 Å². The smallest absolute Gasteiger partial charge is 0.347 e. The first-order valence-corrected chi connectivity index (χ1v) is 12.4. The predicted octanol–water partition coefficient (Wildman–Crippen LogP) is 4.09. The number of cyclic esters (lactones) is 1. The van der Waals surface area contributed by atoms with Gasteiger partial charge in [-0.15, -0.1) is 21.5 Å². The third-order valence-electron chi connectivity index (χ3n) is 5.92. The summed E-state index contributed by atoms with van der Waals surface area (Å²) >= 11 is 1.31. The van der Waals surface area contributed by atoms with Gasteiger partial charge in [0.25, 0.3) is 5.91 Å². The maximum absolute atomic E-state index is 12.9. The molecule has 2 aliphatic heterocycles. The van der Waals surface area contributed by atoms with E-state index >= 15 is 0 Å². The lowest BCUT2D eigenvalue weighted by Gasteiger charge is -2.14. The molecule has 182 valence electrons. The number of aromatic nitrogens is 4. The van der Waals surface area contributed by atoms with Crippen LogP contribution in [0, 0.1) is 0 Å². The van der Waals surface area contributed by atoms with Crippen LogP contribution in [0.5, 0.6) is 17.2 Å². The van der Waals surface area contributed by atoms with E-state index in [9.17, 15) is 9.59 Å². The molecule has 0 bridgehead atoms. The van der Waals surface area contributed by atoms with Crippen LogP contribution < -0.4 is 14.8 Å². The Morgan fingerprint density at radius 2 is 1.97 bits per heavy atom. The normalized spacial score (nSPS) is 16.4. The Balaban J connectivity index is 1.25. The molecule has 1 N–H and O–H groups in total. The molecule has 0 radical (unpaired) electrons. The second-order valence-corrected chi connectivity index (χ2v) is 9.26. The summed E-state index contributed by atoms with van der Waals surface area (Å²) < 4.78 is 19.0. The number of nitrogens with zero attached hydrogens (tertiary/aromatic N) is 4. The molecule has 11 heteroatoms. The van der Waals surface area contributed by atoms with E-state index < -0.39 is 12.1 Å². The first kappa shape index (κ1) is 22.2. The molecule has 10 nitrogen and oxygen atoms in total. The largest absolute Gasteiger partial charge is 0.478 e. The van der Waals surface area contributed by atoms with Crippen molar-refractivity contribution in [3.05, 3.63) is 65.4 Å². The van der Waals surface area contributed by atoms with E-state index in [0.717, 1.165) is 36.6 Å². The molecular formula is C25H21N5O5S. The van der Waals surface area contributed by atoms with Gasteiger partial charge in [0, 0.05) is 48.2 Å². The lowest BCUT2D eigenvalue weighted by Crippen LogP contribution is -2.22. The minimum Gasteiger partial charge on any atom is -0.478 e. The van der Waals surface area contributed by atoms with Crippen LogP contribution in [0.1, 0.15) is 29.0 Å². The lowest BCUT2D eigenvalue weighted by molar-refractivity contribution is -0.143. The van der Waals surface area contributed by atoms with Crippen molar-refractivity contribution in [1.29, 1.82) is 0 Å². The fourth-order valence-electron chi connectivity index (χ4n) is 4.21. The minimum absolute atomic E-state index is 0.304. The Kier molecular flexibility index (Phi) is 5.82. The zero-order valence-electron chi connectivity index (χ0n) is 19.0. The van der Waals surface area contributed by atoms with Crippen LogP contribution in [-0.2, 0) is 22.5 Å². The van der Waals surface area contributed by atoms with Gasteiger partial charge in [-0.25, -0.2) is 9.78 Å². The summed E-state index contributed by atoms with van der Waals surface area (Å²) in [5.74, 6) is 2.35. The third kappa shape index (κ3) is 4.52. The predicted molar refractivity (Wildman–Crippen MR) is 130 cm³/mol. The summed E-state index contributed by atoms with van der Waals surface area (Å²) in [6.07, 6.45) is 3.35. The molecule has 1 unspecified atom stereocenters. The Morgan fingerprint density at radius 1 is 1.11 bits per heavy atom. The Bertz CT molecular complexity index is 1420. The van der Waals surface area contributed by atoms with Crippen molar-refractivity contribution in [3.63, 3.8) is 0 Å². The highest BCUT2D eigenvalue weighted by atomic mass is 32.1. The highest BCUT2D eigenvalue weighted by molar-refractivity contribution is 7.13. The maximum atomic E-state index is 12.9. The SMILES string of the molecule is O=C(Nc1nccs1)c1cc(Oc2ccc(-c3nnc4n3CCC4)cc2)cc(OC2CCOC2=O)c1. The number of benzene rings is 2. The number of carbonyl (C=O) groups excluding carboxylic acids is 2. The zero-order chi connectivity index (χ0) is 24.5. The number of aryl methyl sites for hydroxylation is 1. The number of ether oxygens (including phenoxy) is 3. The highest BCUT2D eigenvalue weighted by Gasteiger charge is 2.29. The van der Waals surface area contributed by atoms with E-state index in [4.69, 9.17) is 14.2 Å². The number of carbonyl (C=O) groups is 2. The Hall–Kier alpha value is -4.25. The van der Waals surface area contributed by atoms with Crippen molar-refractivity contribution >= 4 is 28.3 Å². The molecule has 2 aliphatic rings. The number of hydrogen-bond donors (Lipinski definition) is 1. The monoisotopic (exact) mass is 503 g/mol. The summed E-state index contributed by atoms with van der Waals surface area (Å²) in [5.41, 5.74) is 1.25. The van der Waals surface area contributed by atoms with Gasteiger partial charge in [-0.3, -0.25) is 10.1 Å². The fourth-order valence-corrected chi connectivity index (χ4v) is 4.73. The zero-order valence-corrected chi connectivity index (χ0v) is 19.9. The van der Waals surface area contributed by atoms with Crippen LogP contribution in [0.3, 0.4) is 0 Å². The summed E-state index contributed by atoms with van der Waals surface area (Å²) in [6, 6.07) is 12.3. The van der Waals surface area contributed by atoms with E-state index in [2.05, 4.69) is 25.1 Å². The van der Waals surface area contributed by atoms with Crippen molar-refractivity contribution < 1.29 is 23.8 Å². The van der Waals surface area contributed by atoms with Crippen LogP contribution in [0.25, 0.3) is 11.4 Å². The van der Waals surface area contributed by atoms with Crippen LogP contribution in [0.2, 0.25) is 0 Å². The summed E-state index contributed by atoms with van der Waals surface area (Å²) in [4.78, 5) is 28.9. The average Bonchev–Trinajstić information content (AvgIpc) is 3.67. The highest BCUT2D eigenvalue weighted by Crippen LogP contribution is 2.31. The van der Waals surface area contributed by atoms with Gasteiger partial charge in [-0.05, 0) is 42.8 Å². The standard InChI is InChI=1S/C25H21N5O5S/c31-23(27-25-26-8-11-36-25)16-12-18(14-19(13-16)35-20-7-10-33-24(20)32)34-17-5-3-15(4-6-17)22-29-28-21-2-1-9-30(21)22/h3-6,8,11-14,20H,1-2,7,9-10H2,(H,26,27,31). The molecule has 4 heterocycles. The molecule has 2 aromatic carbocycles. The molecule has 1 amide bonds. The van der Waals surface area contributed by atoms with Crippen molar-refractivity contribution in [2.75, 3.05) is 11.9 Å². The number of nitrogens with one attached hydrogen (secondary N) is 1. The molecule has 36 heavy (non-hydrogen) atoms. The molecule has 0 saturated carbocycles. The topological polar surface area (TPSA) is 117 Å². The van der Waals surface area contributed by atoms with Crippen LogP contribution in [0.15, 0.2) is 54.0 Å². The van der Waals surface area contributed by atoms with E-state index in [0.29, 0.717) is 41.0 Å². The van der Waals surface area contributed by atoms with Gasteiger partial charge < -0.3 is 18.8 Å². The van der Waals surface area contributed by atoms with Gasteiger partial charge in [0.1, 0.15) is 23.1 Å². The number of amides is 1. The molecule has 0 spiro atoms. The van der Waals surface area contributed by atoms with E-state index in [-0.39, 0.29) is 5.91 Å². The van der Waals surface area contributed by atoms with Crippen LogP contribution in [0.4, 0.5) is 5.13 Å². The maximum Gasteiger partial charge on any atom is 0.347 e. The molecule has 0 aliphatic carbocycles. The molecule has 1 saturated heterocycles. The first-order valence-electron chi connectivity index (χ1n) is 11.5. The fraction of sp³-hybridized carbons (Fsp3) is 0.240. The van der Waals surface area contributed by atoms with Gasteiger partial charge in [-0.1, -0.05) is 0 Å². The summed E-state index contributed by atoms with van der Waals surface area (Å²) in [5, 5.41) is 13.6. The Labute approximate surface area is 209 Å². The van der Waals surface area contributed by atoms with Crippen LogP contribution in [-0.4, -0.2) is 44.3 Å². The molecule has 1 fully saturated rings. The molecule has 6 rings (SSSR count). The van der Waals surface area contributed by atoms with E-state index in [1.807, 2.05) is 24.3 Å². The van der Waals surface area contributed by atoms with Crippen molar-refractivity contribution in [2.45, 2.75) is 31.9 Å². The molecular weight excluding hydrogens is 482 g/mol. The number of esters is 1.